The summed E-state index contributed by atoms with van der Waals surface area (Å²) in [5, 5.41) is 8.75. The summed E-state index contributed by atoms with van der Waals surface area (Å²) in [5.41, 5.74) is 0.387. The Labute approximate surface area is 149 Å². The van der Waals surface area contributed by atoms with Gasteiger partial charge in [0.1, 0.15) is 17.4 Å². The van der Waals surface area contributed by atoms with Crippen LogP contribution in [0.25, 0.3) is 0 Å². The van der Waals surface area contributed by atoms with Crippen molar-refractivity contribution in [2.45, 2.75) is 25.2 Å². The molecule has 7 heteroatoms. The average molecular weight is 363 g/mol. The monoisotopic (exact) mass is 363 g/mol. The van der Waals surface area contributed by atoms with Crippen molar-refractivity contribution in [1.82, 2.24) is 4.90 Å². The molecule has 1 fully saturated rings. The van der Waals surface area contributed by atoms with Crippen molar-refractivity contribution < 1.29 is 28.2 Å². The second-order valence-electron chi connectivity index (χ2n) is 6.35. The highest BCUT2D eigenvalue weighted by atomic mass is 19.1. The molecule has 1 atom stereocenters. The first-order valence-electron chi connectivity index (χ1n) is 8.46. The Hall–Kier alpha value is -2.70. The second-order valence-corrected chi connectivity index (χ2v) is 6.35. The third-order valence-corrected chi connectivity index (χ3v) is 4.53. The Balaban J connectivity index is 1.80. The Morgan fingerprint density at radius 3 is 2.62 bits per heavy atom. The number of ether oxygens (including phenoxy) is 1. The van der Waals surface area contributed by atoms with Crippen LogP contribution in [-0.2, 0) is 9.59 Å². The Morgan fingerprint density at radius 2 is 1.96 bits per heavy atom. The number of hydrogen-bond donors (Lipinski definition) is 1. The number of amides is 1. The molecular weight excluding hydrogens is 344 g/mol. The second kappa shape index (κ2) is 7.68. The third-order valence-electron chi connectivity index (χ3n) is 4.53. The number of carboxylic acid groups (broad SMARTS) is 1. The highest BCUT2D eigenvalue weighted by Gasteiger charge is 2.28. The van der Waals surface area contributed by atoms with Gasteiger partial charge in [-0.25, -0.2) is 13.6 Å². The summed E-state index contributed by atoms with van der Waals surface area (Å²) >= 11 is 0. The summed E-state index contributed by atoms with van der Waals surface area (Å²) < 4.78 is 33.4. The van der Waals surface area contributed by atoms with Crippen LogP contribution in [0.4, 0.5) is 8.78 Å². The van der Waals surface area contributed by atoms with Crippen LogP contribution in [0, 0.1) is 5.82 Å². The Morgan fingerprint density at radius 1 is 1.23 bits per heavy atom. The van der Waals surface area contributed by atoms with Crippen LogP contribution in [0.5, 0.6) is 5.75 Å². The van der Waals surface area contributed by atoms with Crippen LogP contribution in [0.3, 0.4) is 0 Å². The van der Waals surface area contributed by atoms with E-state index in [4.69, 9.17) is 9.84 Å². The predicted molar refractivity (Wildman–Crippen MR) is 90.0 cm³/mol. The van der Waals surface area contributed by atoms with E-state index in [1.165, 1.54) is 18.2 Å². The number of likely N-dealkylation sites (tertiary alicyclic amines) is 1. The fourth-order valence-electron chi connectivity index (χ4n) is 3.25. The van der Waals surface area contributed by atoms with Gasteiger partial charge in [-0.2, -0.15) is 0 Å². The molecule has 5 nitrogen and oxygen atoms in total. The van der Waals surface area contributed by atoms with Crippen LogP contribution in [-0.4, -0.2) is 41.6 Å². The van der Waals surface area contributed by atoms with Crippen LogP contribution in [0.2, 0.25) is 0 Å². The van der Waals surface area contributed by atoms with Gasteiger partial charge in [0.15, 0.2) is 6.61 Å². The molecule has 0 radical (unpaired) electrons. The lowest BCUT2D eigenvalue weighted by Crippen LogP contribution is -2.29. The number of carboxylic acids is 1. The van der Waals surface area contributed by atoms with Crippen molar-refractivity contribution in [3.8, 4) is 5.75 Å². The largest absolute Gasteiger partial charge is 0.482 e. The number of halogens is 2. The number of rotatable bonds is 5. The smallest absolute Gasteiger partial charge is 0.341 e. The van der Waals surface area contributed by atoms with Crippen molar-refractivity contribution in [3.63, 3.8) is 0 Å². The summed E-state index contributed by atoms with van der Waals surface area (Å²) in [5.74, 6) is -2.92. The zero-order valence-electron chi connectivity index (χ0n) is 14.1. The number of nitrogens with zero attached hydrogens (tertiary/aromatic N) is 1. The summed E-state index contributed by atoms with van der Waals surface area (Å²) in [4.78, 5) is 24.7. The molecular formula is C19H19F2NO4. The van der Waals surface area contributed by atoms with Gasteiger partial charge in [0.25, 0.3) is 5.91 Å². The van der Waals surface area contributed by atoms with Crippen LogP contribution >= 0.6 is 0 Å². The Bertz CT molecular complexity index is 782. The van der Waals surface area contributed by atoms with Gasteiger partial charge >= 0.3 is 5.97 Å². The predicted octanol–water partition coefficient (Wildman–Crippen LogP) is 3.18. The zero-order chi connectivity index (χ0) is 18.7. The van der Waals surface area contributed by atoms with Gasteiger partial charge in [-0.05, 0) is 31.0 Å². The van der Waals surface area contributed by atoms with Gasteiger partial charge in [-0.15, -0.1) is 0 Å². The zero-order valence-corrected chi connectivity index (χ0v) is 14.1. The summed E-state index contributed by atoms with van der Waals surface area (Å²) in [6.07, 6.45) is 4.80. The number of allylic oxidation sites excluding steroid dienone is 2. The van der Waals surface area contributed by atoms with E-state index in [2.05, 4.69) is 0 Å². The minimum atomic E-state index is -1.16. The molecule has 1 saturated heterocycles. The molecule has 0 bridgehead atoms. The average Bonchev–Trinajstić information content (AvgIpc) is 3.14. The normalized spacial score (nSPS) is 19.8. The minimum absolute atomic E-state index is 0.0348. The third kappa shape index (κ3) is 3.92. The van der Waals surface area contributed by atoms with Gasteiger partial charge in [-0.3, -0.25) is 4.79 Å². The first-order valence-corrected chi connectivity index (χ1v) is 8.46. The van der Waals surface area contributed by atoms with E-state index in [1.807, 2.05) is 0 Å². The standard InChI is InChI=1S/C19H19F2NO4/c20-13-4-6-17(26-11-18(23)24)15(10-13)12-3-5-14(16(21)9-12)19(25)22-7-1-2-8-22/h3-6,10,12H,1-2,7-9,11H2,(H,23,24). The summed E-state index contributed by atoms with van der Waals surface area (Å²) in [6, 6.07) is 3.68. The van der Waals surface area contributed by atoms with Gasteiger partial charge in [-0.1, -0.05) is 12.2 Å². The van der Waals surface area contributed by atoms with E-state index < -0.39 is 30.1 Å². The highest BCUT2D eigenvalue weighted by Crippen LogP contribution is 2.37. The highest BCUT2D eigenvalue weighted by molar-refractivity contribution is 5.97. The van der Waals surface area contributed by atoms with E-state index in [9.17, 15) is 18.4 Å². The minimum Gasteiger partial charge on any atom is -0.482 e. The number of aliphatic carboxylic acids is 1. The molecule has 2 aliphatic rings. The van der Waals surface area contributed by atoms with E-state index >= 15 is 0 Å². The lowest BCUT2D eigenvalue weighted by atomic mass is 9.88. The Kier molecular flexibility index (Phi) is 5.35. The quantitative estimate of drug-likeness (QED) is 0.873. The van der Waals surface area contributed by atoms with Gasteiger partial charge in [0.2, 0.25) is 0 Å². The van der Waals surface area contributed by atoms with Crippen molar-refractivity contribution in [1.29, 1.82) is 0 Å². The molecule has 1 aromatic rings. The fraction of sp³-hybridized carbons (Fsp3) is 0.368. The number of carbonyl (C=O) groups excluding carboxylic acids is 1. The van der Waals surface area contributed by atoms with E-state index in [1.54, 1.807) is 11.0 Å². The first-order chi connectivity index (χ1) is 12.5. The molecule has 1 aliphatic carbocycles. The molecule has 1 aliphatic heterocycles. The van der Waals surface area contributed by atoms with Gasteiger partial charge in [0.05, 0.1) is 5.57 Å². The first kappa shape index (κ1) is 18.1. The van der Waals surface area contributed by atoms with Crippen molar-refractivity contribution in [2.75, 3.05) is 19.7 Å². The molecule has 26 heavy (non-hydrogen) atoms. The number of hydrogen-bond acceptors (Lipinski definition) is 3. The van der Waals surface area contributed by atoms with Crippen molar-refractivity contribution in [3.05, 3.63) is 53.1 Å². The molecule has 0 spiro atoms. The van der Waals surface area contributed by atoms with Crippen molar-refractivity contribution in [2.24, 2.45) is 0 Å². The maximum atomic E-state index is 14.6. The molecule has 1 unspecified atom stereocenters. The van der Waals surface area contributed by atoms with Crippen molar-refractivity contribution >= 4 is 11.9 Å². The number of carbonyl (C=O) groups is 2. The van der Waals surface area contributed by atoms with E-state index in [0.29, 0.717) is 18.7 Å². The molecule has 0 aromatic heterocycles. The van der Waals surface area contributed by atoms with Gasteiger partial charge < -0.3 is 14.7 Å². The summed E-state index contributed by atoms with van der Waals surface area (Å²) in [7, 11) is 0. The van der Waals surface area contributed by atoms with Crippen LogP contribution in [0.15, 0.2) is 41.8 Å². The molecule has 3 rings (SSSR count). The topological polar surface area (TPSA) is 66.8 Å². The molecule has 1 heterocycles. The molecule has 1 N–H and O–H groups in total. The maximum absolute atomic E-state index is 14.6. The van der Waals surface area contributed by atoms with E-state index in [-0.39, 0.29) is 23.7 Å². The maximum Gasteiger partial charge on any atom is 0.341 e. The van der Waals surface area contributed by atoms with E-state index in [0.717, 1.165) is 18.9 Å². The van der Waals surface area contributed by atoms with Gasteiger partial charge in [0, 0.05) is 31.0 Å². The molecule has 0 saturated carbocycles. The SMILES string of the molecule is O=C(O)COc1ccc(F)cc1C1C=CC(C(=O)N2CCCC2)=C(F)C1. The lowest BCUT2D eigenvalue weighted by molar-refractivity contribution is -0.139. The molecule has 138 valence electrons. The lowest BCUT2D eigenvalue weighted by Gasteiger charge is -2.23. The van der Waals surface area contributed by atoms with Crippen LogP contribution < -0.4 is 4.74 Å². The van der Waals surface area contributed by atoms with Crippen LogP contribution in [0.1, 0.15) is 30.7 Å². The fourth-order valence-corrected chi connectivity index (χ4v) is 3.25. The number of benzene rings is 1. The molecule has 1 amide bonds. The summed E-state index contributed by atoms with van der Waals surface area (Å²) in [6.45, 7) is 0.681. The molecule has 1 aromatic carbocycles.